The summed E-state index contributed by atoms with van der Waals surface area (Å²) in [5.74, 6) is -0.667. The molecule has 0 amide bonds. The topological polar surface area (TPSA) is 49.3 Å². The van der Waals surface area contributed by atoms with Crippen molar-refractivity contribution in [1.82, 2.24) is 5.32 Å². The molecule has 0 radical (unpaired) electrons. The third-order valence-electron chi connectivity index (χ3n) is 1.84. The molecule has 0 saturated carbocycles. The molecule has 0 bridgehead atoms. The van der Waals surface area contributed by atoms with E-state index in [9.17, 15) is 4.79 Å². The molecular weight excluding hydrogens is 130 g/mol. The number of carboxylic acids is 1. The van der Waals surface area contributed by atoms with Gasteiger partial charge in [0.25, 0.3) is 0 Å². The van der Waals surface area contributed by atoms with E-state index in [4.69, 9.17) is 5.11 Å². The van der Waals surface area contributed by atoms with E-state index in [1.165, 1.54) is 0 Å². The van der Waals surface area contributed by atoms with Crippen LogP contribution in [0.25, 0.3) is 0 Å². The lowest BCUT2D eigenvalue weighted by atomic mass is 10.0. The van der Waals surface area contributed by atoms with Crippen LogP contribution < -0.4 is 5.32 Å². The Morgan fingerprint density at radius 3 is 2.90 bits per heavy atom. The minimum Gasteiger partial charge on any atom is -0.480 e. The second-order valence-corrected chi connectivity index (χ2v) is 2.46. The maximum Gasteiger partial charge on any atom is 0.321 e. The van der Waals surface area contributed by atoms with Crippen molar-refractivity contribution >= 4 is 5.97 Å². The summed E-state index contributed by atoms with van der Waals surface area (Å²) >= 11 is 0. The zero-order valence-electron chi connectivity index (χ0n) is 5.71. The minimum atomic E-state index is -0.776. The number of rotatable bonds is 2. The molecule has 1 fully saturated rings. The number of carbonyl (C=O) groups is 1. The number of aliphatic carboxylic acids is 1. The smallest absolute Gasteiger partial charge is 0.321 e. The van der Waals surface area contributed by atoms with E-state index in [2.05, 4.69) is 11.9 Å². The van der Waals surface area contributed by atoms with Gasteiger partial charge in [-0.15, -0.1) is 6.58 Å². The van der Waals surface area contributed by atoms with Crippen molar-refractivity contribution in [2.45, 2.75) is 12.5 Å². The molecule has 2 atom stereocenters. The number of hydrogen-bond donors (Lipinski definition) is 2. The van der Waals surface area contributed by atoms with Crippen LogP contribution in [0.15, 0.2) is 12.7 Å². The molecule has 3 nitrogen and oxygen atoms in total. The number of hydrogen-bond acceptors (Lipinski definition) is 2. The van der Waals surface area contributed by atoms with Crippen LogP contribution in [0.5, 0.6) is 0 Å². The van der Waals surface area contributed by atoms with Gasteiger partial charge in [-0.3, -0.25) is 4.79 Å². The molecule has 3 heteroatoms. The number of carboxylic acid groups (broad SMARTS) is 1. The van der Waals surface area contributed by atoms with Crippen molar-refractivity contribution in [1.29, 1.82) is 0 Å². The van der Waals surface area contributed by atoms with Gasteiger partial charge < -0.3 is 10.4 Å². The van der Waals surface area contributed by atoms with E-state index in [-0.39, 0.29) is 5.92 Å². The van der Waals surface area contributed by atoms with Gasteiger partial charge in [-0.25, -0.2) is 0 Å². The zero-order chi connectivity index (χ0) is 7.56. The van der Waals surface area contributed by atoms with Gasteiger partial charge in [0.05, 0.1) is 0 Å². The second-order valence-electron chi connectivity index (χ2n) is 2.46. The van der Waals surface area contributed by atoms with E-state index in [0.717, 1.165) is 13.0 Å². The monoisotopic (exact) mass is 141 g/mol. The van der Waals surface area contributed by atoms with Crippen LogP contribution >= 0.6 is 0 Å². The third-order valence-corrected chi connectivity index (χ3v) is 1.84. The molecule has 0 aromatic carbocycles. The van der Waals surface area contributed by atoms with Gasteiger partial charge >= 0.3 is 5.97 Å². The minimum absolute atomic E-state index is 0.109. The summed E-state index contributed by atoms with van der Waals surface area (Å²) in [7, 11) is 0. The lowest BCUT2D eigenvalue weighted by Gasteiger charge is -2.09. The van der Waals surface area contributed by atoms with E-state index in [0.29, 0.717) is 0 Å². The first kappa shape index (κ1) is 7.28. The Kier molecular flexibility index (Phi) is 2.06. The first-order valence-electron chi connectivity index (χ1n) is 3.34. The highest BCUT2D eigenvalue weighted by Crippen LogP contribution is 2.15. The molecule has 1 rings (SSSR count). The molecule has 0 aromatic heterocycles. The Morgan fingerprint density at radius 2 is 2.50 bits per heavy atom. The van der Waals surface area contributed by atoms with E-state index in [1.807, 2.05) is 0 Å². The van der Waals surface area contributed by atoms with Gasteiger partial charge in [0.1, 0.15) is 6.04 Å². The van der Waals surface area contributed by atoms with E-state index in [1.54, 1.807) is 6.08 Å². The molecule has 1 aliphatic heterocycles. The maximum atomic E-state index is 10.5. The molecule has 0 aliphatic carbocycles. The van der Waals surface area contributed by atoms with Gasteiger partial charge in [-0.2, -0.15) is 0 Å². The Bertz CT molecular complexity index is 156. The highest BCUT2D eigenvalue weighted by atomic mass is 16.4. The quantitative estimate of drug-likeness (QED) is 0.541. The molecule has 10 heavy (non-hydrogen) atoms. The van der Waals surface area contributed by atoms with Gasteiger partial charge in [0, 0.05) is 5.92 Å². The molecule has 1 saturated heterocycles. The van der Waals surface area contributed by atoms with Crippen LogP contribution in [0.3, 0.4) is 0 Å². The Morgan fingerprint density at radius 1 is 1.80 bits per heavy atom. The van der Waals surface area contributed by atoms with Gasteiger partial charge in [0.15, 0.2) is 0 Å². The molecule has 0 aromatic rings. The average molecular weight is 141 g/mol. The molecule has 1 aliphatic rings. The van der Waals surface area contributed by atoms with Gasteiger partial charge in [-0.1, -0.05) is 6.08 Å². The standard InChI is InChI=1S/C7H11NO2/c1-2-5-3-4-8-6(5)7(9)10/h2,5-6,8H,1,3-4H2,(H,9,10). The van der Waals surface area contributed by atoms with E-state index < -0.39 is 12.0 Å². The summed E-state index contributed by atoms with van der Waals surface area (Å²) in [6.45, 7) is 4.36. The van der Waals surface area contributed by atoms with Crippen LogP contribution in [0.2, 0.25) is 0 Å². The zero-order valence-corrected chi connectivity index (χ0v) is 5.71. The fourth-order valence-electron chi connectivity index (χ4n) is 1.25. The van der Waals surface area contributed by atoms with Crippen molar-refractivity contribution in [2.24, 2.45) is 5.92 Å². The molecule has 2 N–H and O–H groups in total. The van der Waals surface area contributed by atoms with Crippen molar-refractivity contribution in [3.63, 3.8) is 0 Å². The van der Waals surface area contributed by atoms with Crippen LogP contribution in [0.1, 0.15) is 6.42 Å². The predicted octanol–water partition coefficient (Wildman–Crippen LogP) is 0.235. The molecule has 2 unspecified atom stereocenters. The molecule has 0 spiro atoms. The summed E-state index contributed by atoms with van der Waals surface area (Å²) < 4.78 is 0. The highest BCUT2D eigenvalue weighted by molar-refractivity contribution is 5.74. The third kappa shape index (κ3) is 1.19. The summed E-state index contributed by atoms with van der Waals surface area (Å²) in [6.07, 6.45) is 2.60. The van der Waals surface area contributed by atoms with Crippen LogP contribution in [0, 0.1) is 5.92 Å². The van der Waals surface area contributed by atoms with Crippen LogP contribution in [0.4, 0.5) is 0 Å². The number of nitrogens with one attached hydrogen (secondary N) is 1. The summed E-state index contributed by atoms with van der Waals surface area (Å²) in [4.78, 5) is 10.5. The fourth-order valence-corrected chi connectivity index (χ4v) is 1.25. The SMILES string of the molecule is C=CC1CCNC1C(=O)O. The Hall–Kier alpha value is -0.830. The summed E-state index contributed by atoms with van der Waals surface area (Å²) in [5, 5.41) is 11.5. The fraction of sp³-hybridized carbons (Fsp3) is 0.571. The van der Waals surface area contributed by atoms with Gasteiger partial charge in [-0.05, 0) is 13.0 Å². The predicted molar refractivity (Wildman–Crippen MR) is 37.7 cm³/mol. The Labute approximate surface area is 59.7 Å². The van der Waals surface area contributed by atoms with Crippen LogP contribution in [-0.2, 0) is 4.79 Å². The highest BCUT2D eigenvalue weighted by Gasteiger charge is 2.29. The lowest BCUT2D eigenvalue weighted by Crippen LogP contribution is -2.34. The summed E-state index contributed by atoms with van der Waals surface area (Å²) in [5.41, 5.74) is 0. The molecule has 1 heterocycles. The largest absolute Gasteiger partial charge is 0.480 e. The summed E-state index contributed by atoms with van der Waals surface area (Å²) in [6, 6.07) is -0.405. The van der Waals surface area contributed by atoms with Crippen molar-refractivity contribution in [2.75, 3.05) is 6.54 Å². The molecule has 56 valence electrons. The lowest BCUT2D eigenvalue weighted by molar-refractivity contribution is -0.139. The van der Waals surface area contributed by atoms with E-state index >= 15 is 0 Å². The van der Waals surface area contributed by atoms with Crippen molar-refractivity contribution in [3.8, 4) is 0 Å². The second kappa shape index (κ2) is 2.84. The molecular formula is C7H11NO2. The first-order chi connectivity index (χ1) is 4.75. The normalized spacial score (nSPS) is 32.0. The first-order valence-corrected chi connectivity index (χ1v) is 3.34. The van der Waals surface area contributed by atoms with Crippen molar-refractivity contribution in [3.05, 3.63) is 12.7 Å². The average Bonchev–Trinajstić information content (AvgIpc) is 2.33. The maximum absolute atomic E-state index is 10.5. The van der Waals surface area contributed by atoms with Crippen molar-refractivity contribution < 1.29 is 9.90 Å². The Balaban J connectivity index is 2.58. The van der Waals surface area contributed by atoms with Crippen LogP contribution in [-0.4, -0.2) is 23.7 Å². The van der Waals surface area contributed by atoms with Gasteiger partial charge in [0.2, 0.25) is 0 Å².